The maximum absolute atomic E-state index is 12.3. The number of fused-ring (bicyclic) bond motifs is 1. The molecule has 7 heteroatoms. The van der Waals surface area contributed by atoms with Crippen LogP contribution >= 0.6 is 0 Å². The summed E-state index contributed by atoms with van der Waals surface area (Å²) >= 11 is 0. The molecule has 0 amide bonds. The van der Waals surface area contributed by atoms with Gasteiger partial charge >= 0.3 is 12.1 Å². The van der Waals surface area contributed by atoms with Crippen molar-refractivity contribution in [1.82, 2.24) is 0 Å². The highest BCUT2D eigenvalue weighted by molar-refractivity contribution is 5.86. The largest absolute Gasteiger partial charge is 0.497 e. The van der Waals surface area contributed by atoms with Gasteiger partial charge in [-0.2, -0.15) is 13.2 Å². The predicted molar refractivity (Wildman–Crippen MR) is 80.7 cm³/mol. The van der Waals surface area contributed by atoms with Crippen LogP contribution in [0.25, 0.3) is 10.8 Å². The summed E-state index contributed by atoms with van der Waals surface area (Å²) < 4.78 is 46.7. The van der Waals surface area contributed by atoms with Crippen LogP contribution in [0.5, 0.6) is 5.75 Å². The molecule has 0 bridgehead atoms. The number of methoxy groups -OCH3 is 1. The fraction of sp³-hybridized carbons (Fsp3) is 0.294. The minimum Gasteiger partial charge on any atom is -0.497 e. The van der Waals surface area contributed by atoms with E-state index in [0.29, 0.717) is 12.0 Å². The van der Waals surface area contributed by atoms with Gasteiger partial charge < -0.3 is 9.47 Å². The molecule has 0 N–H and O–H groups in total. The lowest BCUT2D eigenvalue weighted by Gasteiger charge is -2.24. The zero-order chi connectivity index (χ0) is 18.0. The molecule has 2 rings (SSSR count). The first-order chi connectivity index (χ1) is 11.2. The van der Waals surface area contributed by atoms with Gasteiger partial charge in [0.05, 0.1) is 7.11 Å². The minimum absolute atomic E-state index is 0.283. The summed E-state index contributed by atoms with van der Waals surface area (Å²) in [5.74, 6) is -0.864. The van der Waals surface area contributed by atoms with E-state index in [1.807, 2.05) is 0 Å². The molecule has 4 nitrogen and oxygen atoms in total. The quantitative estimate of drug-likeness (QED) is 0.614. The van der Waals surface area contributed by atoms with Crippen molar-refractivity contribution in [3.05, 3.63) is 42.0 Å². The Morgan fingerprint density at radius 2 is 1.75 bits per heavy atom. The van der Waals surface area contributed by atoms with E-state index in [0.717, 1.165) is 10.8 Å². The Morgan fingerprint density at radius 1 is 1.12 bits per heavy atom. The van der Waals surface area contributed by atoms with Crippen molar-refractivity contribution in [2.75, 3.05) is 7.11 Å². The summed E-state index contributed by atoms with van der Waals surface area (Å²) in [6, 6.07) is 10.0. The van der Waals surface area contributed by atoms with E-state index in [4.69, 9.17) is 9.47 Å². The molecular formula is C17H15F3O4. The molecule has 0 spiro atoms. The summed E-state index contributed by atoms with van der Waals surface area (Å²) in [6.07, 6.45) is -6.13. The molecule has 0 saturated carbocycles. The fourth-order valence-electron chi connectivity index (χ4n) is 2.25. The van der Waals surface area contributed by atoms with Crippen LogP contribution in [-0.4, -0.2) is 25.5 Å². The van der Waals surface area contributed by atoms with Crippen LogP contribution in [0.3, 0.4) is 0 Å². The number of alkyl halides is 3. The van der Waals surface area contributed by atoms with E-state index in [2.05, 4.69) is 0 Å². The van der Waals surface area contributed by atoms with Crippen LogP contribution in [0.15, 0.2) is 36.4 Å². The van der Waals surface area contributed by atoms with Gasteiger partial charge in [-0.3, -0.25) is 9.59 Å². The summed E-state index contributed by atoms with van der Waals surface area (Å²) in [7, 11) is 1.53. The molecule has 2 aromatic rings. The van der Waals surface area contributed by atoms with Gasteiger partial charge in [-0.15, -0.1) is 0 Å². The molecule has 128 valence electrons. The molecule has 0 fully saturated rings. The van der Waals surface area contributed by atoms with Crippen molar-refractivity contribution < 1.29 is 32.2 Å². The molecule has 0 aliphatic heterocycles. The van der Waals surface area contributed by atoms with Crippen LogP contribution in [0, 0.1) is 0 Å². The number of hydrogen-bond donors (Lipinski definition) is 0. The molecule has 2 aromatic carbocycles. The van der Waals surface area contributed by atoms with Crippen molar-refractivity contribution in [1.29, 1.82) is 0 Å². The van der Waals surface area contributed by atoms with Crippen LogP contribution in [0.1, 0.15) is 18.9 Å². The summed E-state index contributed by atoms with van der Waals surface area (Å²) in [5.41, 5.74) is -1.51. The van der Waals surface area contributed by atoms with Gasteiger partial charge in [0.2, 0.25) is 0 Å². The molecule has 24 heavy (non-hydrogen) atoms. The number of benzene rings is 2. The Labute approximate surface area is 136 Å². The lowest BCUT2D eigenvalue weighted by Crippen LogP contribution is -2.32. The summed E-state index contributed by atoms with van der Waals surface area (Å²) in [5, 5.41) is 1.54. The molecule has 0 heterocycles. The Bertz CT molecular complexity index is 770. The van der Waals surface area contributed by atoms with Gasteiger partial charge in [0.1, 0.15) is 12.2 Å². The van der Waals surface area contributed by atoms with E-state index in [-0.39, 0.29) is 5.56 Å². The lowest BCUT2D eigenvalue weighted by molar-refractivity contribution is -0.183. The molecule has 0 aliphatic rings. The minimum atomic E-state index is -4.69. The first-order valence-electron chi connectivity index (χ1n) is 7.00. The molecule has 0 aliphatic carbocycles. The van der Waals surface area contributed by atoms with Crippen molar-refractivity contribution in [2.45, 2.75) is 25.1 Å². The van der Waals surface area contributed by atoms with Gasteiger partial charge in [0.25, 0.3) is 0 Å². The van der Waals surface area contributed by atoms with Crippen molar-refractivity contribution in [3.8, 4) is 5.75 Å². The number of aldehydes is 1. The maximum atomic E-state index is 12.3. The monoisotopic (exact) mass is 340 g/mol. The predicted octanol–water partition coefficient (Wildman–Crippen LogP) is 3.76. The average Bonchev–Trinajstić information content (AvgIpc) is 2.51. The molecule has 0 unspecified atom stereocenters. The van der Waals surface area contributed by atoms with Crippen molar-refractivity contribution >= 4 is 23.0 Å². The SMILES string of the molecule is COc1ccc2cc([C@](C)(C=O)OC(=O)CC(F)(F)F)ccc2c1. The maximum Gasteiger partial charge on any atom is 0.399 e. The number of esters is 1. The van der Waals surface area contributed by atoms with Crippen molar-refractivity contribution in [3.63, 3.8) is 0 Å². The second kappa shape index (κ2) is 6.51. The van der Waals surface area contributed by atoms with Gasteiger partial charge in [-0.25, -0.2) is 0 Å². The number of carbonyl (C=O) groups is 2. The molecule has 1 atom stereocenters. The Kier molecular flexibility index (Phi) is 4.82. The number of rotatable bonds is 5. The molecule has 0 saturated heterocycles. The smallest absolute Gasteiger partial charge is 0.399 e. The number of halogens is 3. The van der Waals surface area contributed by atoms with Crippen LogP contribution in [0.4, 0.5) is 13.2 Å². The first kappa shape index (κ1) is 17.8. The van der Waals surface area contributed by atoms with Gasteiger partial charge in [0, 0.05) is 5.56 Å². The topological polar surface area (TPSA) is 52.6 Å². The second-order valence-corrected chi connectivity index (χ2v) is 5.42. The fourth-order valence-corrected chi connectivity index (χ4v) is 2.25. The number of hydrogen-bond acceptors (Lipinski definition) is 4. The van der Waals surface area contributed by atoms with E-state index in [1.165, 1.54) is 20.1 Å². The van der Waals surface area contributed by atoms with Crippen molar-refractivity contribution in [2.24, 2.45) is 0 Å². The van der Waals surface area contributed by atoms with Gasteiger partial charge in [-0.05, 0) is 35.9 Å². The number of ether oxygens (including phenoxy) is 2. The first-order valence-corrected chi connectivity index (χ1v) is 7.00. The summed E-state index contributed by atoms with van der Waals surface area (Å²) in [6.45, 7) is 1.25. The normalized spacial score (nSPS) is 14.0. The summed E-state index contributed by atoms with van der Waals surface area (Å²) in [4.78, 5) is 22.8. The van der Waals surface area contributed by atoms with E-state index in [9.17, 15) is 22.8 Å². The van der Waals surface area contributed by atoms with E-state index < -0.39 is 24.2 Å². The Hall–Kier alpha value is -2.57. The van der Waals surface area contributed by atoms with Crippen LogP contribution in [0.2, 0.25) is 0 Å². The molecule has 0 aromatic heterocycles. The van der Waals surface area contributed by atoms with Crippen LogP contribution in [-0.2, 0) is 19.9 Å². The van der Waals surface area contributed by atoms with E-state index in [1.54, 1.807) is 30.3 Å². The highest BCUT2D eigenvalue weighted by Gasteiger charge is 2.37. The van der Waals surface area contributed by atoms with E-state index >= 15 is 0 Å². The highest BCUT2D eigenvalue weighted by atomic mass is 19.4. The third-order valence-corrected chi connectivity index (χ3v) is 3.52. The second-order valence-electron chi connectivity index (χ2n) is 5.42. The standard InChI is InChI=1S/C17H15F3O4/c1-16(10-21,24-15(22)9-17(18,19)20)13-5-3-12-8-14(23-2)6-4-11(12)7-13/h3-8,10H,9H2,1-2H3/t16-/m0/s1. The van der Waals surface area contributed by atoms with Gasteiger partial charge in [-0.1, -0.05) is 18.2 Å². The van der Waals surface area contributed by atoms with Crippen LogP contribution < -0.4 is 4.74 Å². The third-order valence-electron chi connectivity index (χ3n) is 3.52. The van der Waals surface area contributed by atoms with Gasteiger partial charge in [0.15, 0.2) is 11.9 Å². The highest BCUT2D eigenvalue weighted by Crippen LogP contribution is 2.30. The zero-order valence-electron chi connectivity index (χ0n) is 13.0. The molecular weight excluding hydrogens is 325 g/mol. The Balaban J connectivity index is 2.33. The molecule has 0 radical (unpaired) electrons. The average molecular weight is 340 g/mol. The Morgan fingerprint density at radius 3 is 2.33 bits per heavy atom. The third kappa shape index (κ3) is 4.04. The lowest BCUT2D eigenvalue weighted by atomic mass is 9.94. The zero-order valence-corrected chi connectivity index (χ0v) is 13.0. The number of carbonyl (C=O) groups excluding carboxylic acids is 2.